The quantitative estimate of drug-likeness (QED) is 0.313. The topological polar surface area (TPSA) is 63.5 Å². The minimum Gasteiger partial charge on any atom is -0.494 e. The van der Waals surface area contributed by atoms with Gasteiger partial charge in [0.2, 0.25) is 0 Å². The third kappa shape index (κ3) is 5.12. The molecule has 0 fully saturated rings. The van der Waals surface area contributed by atoms with E-state index >= 15 is 4.39 Å². The van der Waals surface area contributed by atoms with Gasteiger partial charge in [-0.25, -0.2) is 8.78 Å². The summed E-state index contributed by atoms with van der Waals surface area (Å²) in [6.45, 7) is 2.01. The third-order valence-corrected chi connectivity index (χ3v) is 7.68. The van der Waals surface area contributed by atoms with Crippen LogP contribution in [0.2, 0.25) is 0 Å². The van der Waals surface area contributed by atoms with E-state index in [1.165, 1.54) is 48.6 Å². The van der Waals surface area contributed by atoms with Gasteiger partial charge >= 0.3 is 6.18 Å². The highest BCUT2D eigenvalue weighted by Crippen LogP contribution is 2.42. The Morgan fingerprint density at radius 2 is 1.89 bits per heavy atom. The minimum atomic E-state index is -4.79. The Kier molecular flexibility index (Phi) is 7.96. The number of pyridine rings is 1. The van der Waals surface area contributed by atoms with Gasteiger partial charge in [0.15, 0.2) is 11.6 Å². The van der Waals surface area contributed by atoms with Crippen molar-refractivity contribution in [3.63, 3.8) is 0 Å². The second-order valence-corrected chi connectivity index (χ2v) is 9.62. The first kappa shape index (κ1) is 27.2. The lowest BCUT2D eigenvalue weighted by Crippen LogP contribution is -2.34. The van der Waals surface area contributed by atoms with Gasteiger partial charge in [-0.15, -0.1) is 11.8 Å². The van der Waals surface area contributed by atoms with Crippen molar-refractivity contribution in [3.05, 3.63) is 80.6 Å². The number of hydrogen-bond donors (Lipinski definition) is 2. The van der Waals surface area contributed by atoms with E-state index in [4.69, 9.17) is 9.84 Å². The highest BCUT2D eigenvalue weighted by Gasteiger charge is 2.36. The molecule has 1 unspecified atom stereocenters. The number of aromatic nitrogens is 1. The molecule has 0 saturated heterocycles. The van der Waals surface area contributed by atoms with Crippen LogP contribution in [0.5, 0.6) is 5.75 Å². The molecule has 0 saturated carbocycles. The molecule has 0 spiro atoms. The van der Waals surface area contributed by atoms with Crippen LogP contribution in [0.25, 0.3) is 11.1 Å². The number of halogens is 5. The zero-order chi connectivity index (χ0) is 26.9. The molecule has 1 atom stereocenters. The Balaban J connectivity index is 1.98. The van der Waals surface area contributed by atoms with E-state index in [-0.39, 0.29) is 35.6 Å². The lowest BCUT2D eigenvalue weighted by atomic mass is 9.92. The van der Waals surface area contributed by atoms with Gasteiger partial charge in [0, 0.05) is 36.4 Å². The number of nitrogens with one attached hydrogen (secondary N) is 1. The Morgan fingerprint density at radius 3 is 2.57 bits per heavy atom. The summed E-state index contributed by atoms with van der Waals surface area (Å²) in [7, 11) is 1.28. The van der Waals surface area contributed by atoms with E-state index in [1.54, 1.807) is 0 Å². The molecule has 11 heteroatoms. The van der Waals surface area contributed by atoms with Crippen molar-refractivity contribution in [2.24, 2.45) is 0 Å². The zero-order valence-corrected chi connectivity index (χ0v) is 20.9. The van der Waals surface area contributed by atoms with Crippen molar-refractivity contribution in [3.8, 4) is 16.9 Å². The standard InChI is InChI=1S/C26H25F5N2O3S/c1-14-17(11-18-19(26(29,30)31)6-4-7-20(18)27)25-33(15(13-37-25)12-32-9-10-34)24(35)22(14)16-5-3-8-21(36-2)23(16)28/h3-8,15,32,34H,9-13H2,1-2H3. The Hall–Kier alpha value is -2.89. The number of benzene rings is 2. The first-order valence-corrected chi connectivity index (χ1v) is 12.5. The van der Waals surface area contributed by atoms with E-state index in [1.807, 2.05) is 0 Å². The fraction of sp³-hybridized carbons (Fsp3) is 0.346. The first-order valence-electron chi connectivity index (χ1n) is 11.5. The van der Waals surface area contributed by atoms with Crippen LogP contribution in [0.15, 0.2) is 46.2 Å². The molecule has 198 valence electrons. The SMILES string of the molecule is COc1cccc(-c2c(C)c(Cc3c(F)cccc3C(F)(F)F)c3n(c2=O)C(CNCCO)CS3)c1F. The molecule has 0 bridgehead atoms. The summed E-state index contributed by atoms with van der Waals surface area (Å²) >= 11 is 1.28. The van der Waals surface area contributed by atoms with Gasteiger partial charge in [-0.2, -0.15) is 13.2 Å². The van der Waals surface area contributed by atoms with Crippen molar-refractivity contribution in [2.45, 2.75) is 30.6 Å². The van der Waals surface area contributed by atoms with Gasteiger partial charge in [-0.1, -0.05) is 18.2 Å². The smallest absolute Gasteiger partial charge is 0.416 e. The highest BCUT2D eigenvalue weighted by atomic mass is 32.2. The fourth-order valence-corrected chi connectivity index (χ4v) is 6.02. The van der Waals surface area contributed by atoms with Crippen molar-refractivity contribution in [2.75, 3.05) is 32.6 Å². The number of fused-ring (bicyclic) bond motifs is 1. The van der Waals surface area contributed by atoms with E-state index < -0.39 is 47.0 Å². The van der Waals surface area contributed by atoms with Crippen molar-refractivity contribution < 1.29 is 31.8 Å². The van der Waals surface area contributed by atoms with Gasteiger partial charge in [0.1, 0.15) is 5.82 Å². The molecular weight excluding hydrogens is 515 g/mol. The van der Waals surface area contributed by atoms with Crippen LogP contribution < -0.4 is 15.6 Å². The summed E-state index contributed by atoms with van der Waals surface area (Å²) in [5.74, 6) is -1.46. The largest absolute Gasteiger partial charge is 0.494 e. The summed E-state index contributed by atoms with van der Waals surface area (Å²) in [6.07, 6.45) is -5.23. The van der Waals surface area contributed by atoms with Crippen LogP contribution >= 0.6 is 11.8 Å². The first-order chi connectivity index (χ1) is 17.6. The van der Waals surface area contributed by atoms with Crippen LogP contribution in [0, 0.1) is 18.6 Å². The molecule has 5 nitrogen and oxygen atoms in total. The van der Waals surface area contributed by atoms with Gasteiger partial charge in [0.05, 0.1) is 35.9 Å². The second-order valence-electron chi connectivity index (χ2n) is 8.61. The lowest BCUT2D eigenvalue weighted by Gasteiger charge is -2.22. The summed E-state index contributed by atoms with van der Waals surface area (Å²) in [5.41, 5.74) is -1.63. The molecule has 1 aliphatic rings. The maximum atomic E-state index is 15.3. The molecular formula is C26H25F5N2O3S. The highest BCUT2D eigenvalue weighted by molar-refractivity contribution is 7.99. The van der Waals surface area contributed by atoms with Crippen LogP contribution in [0.1, 0.15) is 28.3 Å². The normalized spacial score (nSPS) is 15.2. The van der Waals surface area contributed by atoms with E-state index in [0.29, 0.717) is 22.9 Å². The van der Waals surface area contributed by atoms with Crippen LogP contribution in [0.3, 0.4) is 0 Å². The molecule has 0 amide bonds. The molecule has 1 aromatic heterocycles. The van der Waals surface area contributed by atoms with Crippen LogP contribution in [0.4, 0.5) is 22.0 Å². The maximum absolute atomic E-state index is 15.3. The minimum absolute atomic E-state index is 0.0188. The van der Waals surface area contributed by atoms with Gasteiger partial charge in [0.25, 0.3) is 5.56 Å². The molecule has 0 radical (unpaired) electrons. The monoisotopic (exact) mass is 540 g/mol. The summed E-state index contributed by atoms with van der Waals surface area (Å²) < 4.78 is 78.0. The Labute approximate surface area is 214 Å². The molecule has 3 aromatic rings. The van der Waals surface area contributed by atoms with Gasteiger partial charge < -0.3 is 15.2 Å². The molecule has 4 rings (SSSR count). The number of methoxy groups -OCH3 is 1. The van der Waals surface area contributed by atoms with Crippen molar-refractivity contribution in [1.82, 2.24) is 9.88 Å². The van der Waals surface area contributed by atoms with E-state index in [2.05, 4.69) is 5.32 Å². The molecule has 1 aliphatic heterocycles. The van der Waals surface area contributed by atoms with Crippen molar-refractivity contribution >= 4 is 11.8 Å². The molecule has 2 N–H and O–H groups in total. The number of hydrogen-bond acceptors (Lipinski definition) is 5. The molecule has 0 aliphatic carbocycles. The fourth-order valence-electron chi connectivity index (χ4n) is 4.63. The predicted octanol–water partition coefficient (Wildman–Crippen LogP) is 4.95. The summed E-state index contributed by atoms with van der Waals surface area (Å²) in [5, 5.41) is 12.6. The molecule has 37 heavy (non-hydrogen) atoms. The number of rotatable bonds is 8. The van der Waals surface area contributed by atoms with E-state index in [9.17, 15) is 22.4 Å². The average Bonchev–Trinajstić information content (AvgIpc) is 3.27. The zero-order valence-electron chi connectivity index (χ0n) is 20.1. The number of thioether (sulfide) groups is 1. The van der Waals surface area contributed by atoms with Crippen LogP contribution in [-0.4, -0.2) is 42.2 Å². The van der Waals surface area contributed by atoms with Crippen molar-refractivity contribution in [1.29, 1.82) is 0 Å². The van der Waals surface area contributed by atoms with Crippen LogP contribution in [-0.2, 0) is 12.6 Å². The maximum Gasteiger partial charge on any atom is 0.416 e. The van der Waals surface area contributed by atoms with Gasteiger partial charge in [-0.05, 0) is 36.2 Å². The molecule has 2 aromatic carbocycles. The predicted molar refractivity (Wildman–Crippen MR) is 131 cm³/mol. The summed E-state index contributed by atoms with van der Waals surface area (Å²) in [4.78, 5) is 13.8. The van der Waals surface area contributed by atoms with Gasteiger partial charge in [-0.3, -0.25) is 9.36 Å². The van der Waals surface area contributed by atoms with E-state index in [0.717, 1.165) is 18.2 Å². The Bertz CT molecular complexity index is 1370. The Morgan fingerprint density at radius 1 is 1.16 bits per heavy atom. The summed E-state index contributed by atoms with van der Waals surface area (Å²) in [6, 6.07) is 6.70. The number of aliphatic hydroxyl groups is 1. The third-order valence-electron chi connectivity index (χ3n) is 6.41. The number of aliphatic hydroxyl groups excluding tert-OH is 1. The number of ether oxygens (including phenoxy) is 1. The molecule has 2 heterocycles. The second kappa shape index (κ2) is 10.8. The lowest BCUT2D eigenvalue weighted by molar-refractivity contribution is -0.138. The number of alkyl halides is 3. The number of nitrogens with zero attached hydrogens (tertiary/aromatic N) is 1. The average molecular weight is 541 g/mol.